The molecule has 0 aliphatic carbocycles. The summed E-state index contributed by atoms with van der Waals surface area (Å²) in [4.78, 5) is 24.9. The molecule has 0 atom stereocenters. The fourth-order valence-corrected chi connectivity index (χ4v) is 2.92. The number of likely N-dealkylation sites (tertiary alicyclic amines) is 1. The summed E-state index contributed by atoms with van der Waals surface area (Å²) in [6.07, 6.45) is 3.62. The molecule has 0 spiro atoms. The fourth-order valence-electron chi connectivity index (χ4n) is 2.92. The van der Waals surface area contributed by atoms with E-state index in [2.05, 4.69) is 6.07 Å². The molecule has 1 saturated heterocycles. The van der Waals surface area contributed by atoms with Crippen LogP contribution in [0.3, 0.4) is 0 Å². The minimum atomic E-state index is -0.443. The van der Waals surface area contributed by atoms with E-state index in [-0.39, 0.29) is 6.09 Å². The Morgan fingerprint density at radius 1 is 1.24 bits per heavy atom. The van der Waals surface area contributed by atoms with Gasteiger partial charge in [-0.3, -0.25) is 4.79 Å². The zero-order chi connectivity index (χ0) is 19.0. The monoisotopic (exact) mass is 347 g/mol. The Hall–Kier alpha value is -1.84. The fraction of sp³-hybridized carbons (Fsp3) is 0.619. The molecule has 0 aromatic heterocycles. The van der Waals surface area contributed by atoms with Gasteiger partial charge in [-0.05, 0) is 70.1 Å². The van der Waals surface area contributed by atoms with Gasteiger partial charge >= 0.3 is 6.09 Å². The van der Waals surface area contributed by atoms with Gasteiger partial charge in [-0.15, -0.1) is 0 Å². The number of aldehydes is 1. The zero-order valence-corrected chi connectivity index (χ0v) is 16.6. The molecule has 0 bridgehead atoms. The van der Waals surface area contributed by atoms with Crippen molar-refractivity contribution in [3.8, 4) is 0 Å². The van der Waals surface area contributed by atoms with Crippen LogP contribution in [0.5, 0.6) is 0 Å². The highest BCUT2D eigenvalue weighted by Gasteiger charge is 2.26. The molecule has 1 aromatic carbocycles. The lowest BCUT2D eigenvalue weighted by Crippen LogP contribution is -2.42. The third-order valence-electron chi connectivity index (χ3n) is 4.26. The lowest BCUT2D eigenvalue weighted by atomic mass is 9.89. The summed E-state index contributed by atoms with van der Waals surface area (Å²) in [5.41, 5.74) is 2.55. The summed E-state index contributed by atoms with van der Waals surface area (Å²) < 4.78 is 5.42. The summed E-state index contributed by atoms with van der Waals surface area (Å²) in [5.74, 6) is 0.552. The van der Waals surface area contributed by atoms with Crippen molar-refractivity contribution in [1.82, 2.24) is 4.90 Å². The van der Waals surface area contributed by atoms with Crippen molar-refractivity contribution in [3.63, 3.8) is 0 Å². The van der Waals surface area contributed by atoms with E-state index < -0.39 is 5.60 Å². The summed E-state index contributed by atoms with van der Waals surface area (Å²) in [6, 6.07) is 6.10. The predicted octanol–water partition coefficient (Wildman–Crippen LogP) is 5.02. The van der Waals surface area contributed by atoms with Crippen LogP contribution in [-0.4, -0.2) is 36.0 Å². The normalized spacial score (nSPS) is 15.2. The van der Waals surface area contributed by atoms with Crippen LogP contribution in [0.1, 0.15) is 68.9 Å². The minimum Gasteiger partial charge on any atom is -0.444 e. The van der Waals surface area contributed by atoms with E-state index in [9.17, 15) is 9.59 Å². The van der Waals surface area contributed by atoms with E-state index in [1.165, 1.54) is 5.56 Å². The van der Waals surface area contributed by atoms with Crippen LogP contribution in [0, 0.1) is 12.8 Å². The number of nitrogens with zero attached hydrogens (tertiary/aromatic N) is 1. The number of carbonyl (C=O) groups is 2. The molecule has 4 nitrogen and oxygen atoms in total. The van der Waals surface area contributed by atoms with E-state index in [0.717, 1.165) is 49.8 Å². The van der Waals surface area contributed by atoms with Crippen LogP contribution in [0.2, 0.25) is 0 Å². The van der Waals surface area contributed by atoms with E-state index in [0.29, 0.717) is 5.92 Å². The molecule has 1 aromatic rings. The Bertz CT molecular complexity index is 567. The molecule has 1 fully saturated rings. The number of aryl methyl sites for hydroxylation is 1. The molecule has 0 saturated carbocycles. The Labute approximate surface area is 152 Å². The Morgan fingerprint density at radius 2 is 1.84 bits per heavy atom. The first-order chi connectivity index (χ1) is 11.8. The average molecular weight is 347 g/mol. The van der Waals surface area contributed by atoms with E-state index in [1.807, 2.05) is 53.7 Å². The Kier molecular flexibility index (Phi) is 8.14. The highest BCUT2D eigenvalue weighted by molar-refractivity contribution is 5.77. The first-order valence-electron chi connectivity index (χ1n) is 9.31. The molecule has 0 radical (unpaired) electrons. The second-order valence-corrected chi connectivity index (χ2v) is 7.42. The van der Waals surface area contributed by atoms with Gasteiger partial charge in [0.25, 0.3) is 0 Å². The molecule has 0 N–H and O–H groups in total. The van der Waals surface area contributed by atoms with Crippen LogP contribution in [0.15, 0.2) is 18.2 Å². The van der Waals surface area contributed by atoms with E-state index in [1.54, 1.807) is 4.90 Å². The third kappa shape index (κ3) is 6.89. The second kappa shape index (κ2) is 9.59. The van der Waals surface area contributed by atoms with Crippen LogP contribution in [-0.2, 0) is 11.2 Å². The number of ether oxygens (including phenoxy) is 1. The van der Waals surface area contributed by atoms with Gasteiger partial charge in [0.1, 0.15) is 11.9 Å². The molecular weight excluding hydrogens is 314 g/mol. The van der Waals surface area contributed by atoms with Crippen molar-refractivity contribution in [2.24, 2.45) is 5.92 Å². The number of rotatable bonds is 3. The molecule has 1 aliphatic rings. The highest BCUT2D eigenvalue weighted by Crippen LogP contribution is 2.24. The molecule has 1 aliphatic heterocycles. The van der Waals surface area contributed by atoms with Gasteiger partial charge in [0, 0.05) is 18.7 Å². The number of hydrogen-bond donors (Lipinski definition) is 0. The molecule has 0 unspecified atom stereocenters. The molecule has 1 amide bonds. The van der Waals surface area contributed by atoms with Crippen molar-refractivity contribution in [2.45, 2.75) is 66.4 Å². The summed E-state index contributed by atoms with van der Waals surface area (Å²) in [7, 11) is 0. The first-order valence-corrected chi connectivity index (χ1v) is 9.31. The molecule has 25 heavy (non-hydrogen) atoms. The summed E-state index contributed by atoms with van der Waals surface area (Å²) in [5, 5.41) is 0. The van der Waals surface area contributed by atoms with Crippen molar-refractivity contribution in [1.29, 1.82) is 0 Å². The van der Waals surface area contributed by atoms with Gasteiger partial charge in [0.15, 0.2) is 0 Å². The van der Waals surface area contributed by atoms with E-state index >= 15 is 0 Å². The van der Waals surface area contributed by atoms with Gasteiger partial charge in [-0.25, -0.2) is 4.79 Å². The third-order valence-corrected chi connectivity index (χ3v) is 4.26. The predicted molar refractivity (Wildman–Crippen MR) is 102 cm³/mol. The van der Waals surface area contributed by atoms with Gasteiger partial charge in [-0.2, -0.15) is 0 Å². The van der Waals surface area contributed by atoms with E-state index in [4.69, 9.17) is 4.74 Å². The number of benzene rings is 1. The smallest absolute Gasteiger partial charge is 0.410 e. The maximum atomic E-state index is 12.1. The SMILES string of the molecule is CC.Cc1ccc(CC2CCN(C(=O)OC(C)(C)C)CC2)cc1C=O. The van der Waals surface area contributed by atoms with Crippen LogP contribution in [0.25, 0.3) is 0 Å². The molecule has 140 valence electrons. The minimum absolute atomic E-state index is 0.213. The van der Waals surface area contributed by atoms with Gasteiger partial charge < -0.3 is 9.64 Å². The van der Waals surface area contributed by atoms with Gasteiger partial charge in [0.2, 0.25) is 0 Å². The number of amides is 1. The molecule has 1 heterocycles. The van der Waals surface area contributed by atoms with Crippen molar-refractivity contribution < 1.29 is 14.3 Å². The second-order valence-electron chi connectivity index (χ2n) is 7.42. The van der Waals surface area contributed by atoms with Crippen LogP contribution >= 0.6 is 0 Å². The highest BCUT2D eigenvalue weighted by atomic mass is 16.6. The number of carbonyl (C=O) groups excluding carboxylic acids is 2. The molecular formula is C21H33NO3. The van der Waals surface area contributed by atoms with Crippen LogP contribution in [0.4, 0.5) is 4.79 Å². The van der Waals surface area contributed by atoms with Crippen molar-refractivity contribution in [3.05, 3.63) is 34.9 Å². The van der Waals surface area contributed by atoms with Crippen molar-refractivity contribution in [2.75, 3.05) is 13.1 Å². The summed E-state index contributed by atoms with van der Waals surface area (Å²) >= 11 is 0. The topological polar surface area (TPSA) is 46.6 Å². The Morgan fingerprint density at radius 3 is 2.36 bits per heavy atom. The Balaban J connectivity index is 0.00000151. The average Bonchev–Trinajstić information content (AvgIpc) is 2.57. The standard InChI is InChI=1S/C19H27NO3.C2H6/c1-14-5-6-16(12-17(14)13-21)11-15-7-9-20(10-8-15)18(22)23-19(2,3)4;1-2/h5-6,12-13,15H,7-11H2,1-4H3;1-2H3. The van der Waals surface area contributed by atoms with Crippen molar-refractivity contribution >= 4 is 12.4 Å². The molecule has 2 rings (SSSR count). The zero-order valence-electron chi connectivity index (χ0n) is 16.6. The summed E-state index contributed by atoms with van der Waals surface area (Å²) in [6.45, 7) is 13.1. The number of piperidine rings is 1. The quantitative estimate of drug-likeness (QED) is 0.721. The largest absolute Gasteiger partial charge is 0.444 e. The molecule has 4 heteroatoms. The number of hydrogen-bond acceptors (Lipinski definition) is 3. The van der Waals surface area contributed by atoms with Gasteiger partial charge in [-0.1, -0.05) is 26.0 Å². The lowest BCUT2D eigenvalue weighted by molar-refractivity contribution is 0.0184. The maximum absolute atomic E-state index is 12.1. The maximum Gasteiger partial charge on any atom is 0.410 e. The lowest BCUT2D eigenvalue weighted by Gasteiger charge is -2.33. The first kappa shape index (κ1) is 21.2. The van der Waals surface area contributed by atoms with Gasteiger partial charge in [0.05, 0.1) is 0 Å². The van der Waals surface area contributed by atoms with Crippen LogP contribution < -0.4 is 0 Å².